The van der Waals surface area contributed by atoms with Crippen molar-refractivity contribution in [3.8, 4) is 5.75 Å². The van der Waals surface area contributed by atoms with Crippen LogP contribution in [0.1, 0.15) is 19.7 Å². The molecule has 1 aliphatic heterocycles. The van der Waals surface area contributed by atoms with E-state index in [0.29, 0.717) is 12.6 Å². The highest BCUT2D eigenvalue weighted by Crippen LogP contribution is 2.18. The van der Waals surface area contributed by atoms with Gasteiger partial charge in [-0.15, -0.1) is 0 Å². The van der Waals surface area contributed by atoms with Gasteiger partial charge in [0.05, 0.1) is 13.2 Å². The van der Waals surface area contributed by atoms with Crippen LogP contribution in [0, 0.1) is 0 Å². The molecular formula is C18H29N7O+2. The van der Waals surface area contributed by atoms with E-state index in [9.17, 15) is 0 Å². The van der Waals surface area contributed by atoms with Gasteiger partial charge in [0.2, 0.25) is 11.9 Å². The minimum Gasteiger partial charge on any atom is -0.494 e. The van der Waals surface area contributed by atoms with E-state index in [1.54, 1.807) is 4.90 Å². The van der Waals surface area contributed by atoms with Gasteiger partial charge in [-0.2, -0.15) is 15.0 Å². The highest BCUT2D eigenvalue weighted by molar-refractivity contribution is 5.55. The van der Waals surface area contributed by atoms with E-state index >= 15 is 0 Å². The van der Waals surface area contributed by atoms with Crippen LogP contribution >= 0.6 is 0 Å². The van der Waals surface area contributed by atoms with E-state index in [1.807, 2.05) is 31.2 Å². The Hall–Kier alpha value is -2.45. The number of ether oxygens (including phenoxy) is 1. The number of nitrogen functional groups attached to an aromatic ring is 1. The van der Waals surface area contributed by atoms with Crippen molar-refractivity contribution in [3.05, 3.63) is 30.1 Å². The normalized spacial score (nSPS) is 19.9. The average molecular weight is 359 g/mol. The summed E-state index contributed by atoms with van der Waals surface area (Å²) in [6.07, 6.45) is 0. The first-order chi connectivity index (χ1) is 12.7. The number of hydrogen-bond donors (Lipinski definition) is 4. The van der Waals surface area contributed by atoms with E-state index < -0.39 is 0 Å². The predicted molar refractivity (Wildman–Crippen MR) is 101 cm³/mol. The first-order valence-corrected chi connectivity index (χ1v) is 9.33. The first-order valence-electron chi connectivity index (χ1n) is 9.33. The summed E-state index contributed by atoms with van der Waals surface area (Å²) in [6, 6.07) is 7.69. The molecule has 5 N–H and O–H groups in total. The van der Waals surface area contributed by atoms with Crippen molar-refractivity contribution in [1.29, 1.82) is 0 Å². The van der Waals surface area contributed by atoms with Crippen LogP contribution in [0.2, 0.25) is 0 Å². The monoisotopic (exact) mass is 359 g/mol. The molecule has 8 nitrogen and oxygen atoms in total. The van der Waals surface area contributed by atoms with E-state index in [0.717, 1.165) is 36.9 Å². The Morgan fingerprint density at radius 3 is 2.35 bits per heavy atom. The minimum absolute atomic E-state index is 0.251. The number of hydrogen-bond acceptors (Lipinski definition) is 6. The third-order valence-corrected chi connectivity index (χ3v) is 4.69. The smallest absolute Gasteiger partial charge is 0.232 e. The molecule has 0 spiro atoms. The Morgan fingerprint density at radius 2 is 1.69 bits per heavy atom. The molecule has 1 aromatic heterocycles. The third kappa shape index (κ3) is 5.03. The highest BCUT2D eigenvalue weighted by Gasteiger charge is 2.23. The Morgan fingerprint density at radius 1 is 1.00 bits per heavy atom. The summed E-state index contributed by atoms with van der Waals surface area (Å²) in [7, 11) is 0. The summed E-state index contributed by atoms with van der Waals surface area (Å²) < 4.78 is 5.46. The van der Waals surface area contributed by atoms with Gasteiger partial charge in [-0.1, -0.05) is 0 Å². The highest BCUT2D eigenvalue weighted by atomic mass is 16.5. The summed E-state index contributed by atoms with van der Waals surface area (Å²) in [5.41, 5.74) is 6.78. The zero-order valence-corrected chi connectivity index (χ0v) is 15.6. The maximum Gasteiger partial charge on any atom is 0.232 e. The number of nitrogens with zero attached hydrogens (tertiary/aromatic N) is 3. The molecule has 0 bridgehead atoms. The van der Waals surface area contributed by atoms with Gasteiger partial charge < -0.3 is 25.6 Å². The first kappa shape index (κ1) is 18.3. The summed E-state index contributed by atoms with van der Waals surface area (Å²) in [6.45, 7) is 11.5. The van der Waals surface area contributed by atoms with Gasteiger partial charge in [0, 0.05) is 5.69 Å². The fourth-order valence-corrected chi connectivity index (χ4v) is 3.21. The van der Waals surface area contributed by atoms with E-state index in [-0.39, 0.29) is 5.95 Å². The molecule has 1 aromatic carbocycles. The van der Waals surface area contributed by atoms with Gasteiger partial charge in [-0.05, 0) is 38.1 Å². The lowest BCUT2D eigenvalue weighted by molar-refractivity contribution is -1.02. The Kier molecular flexibility index (Phi) is 6.19. The van der Waals surface area contributed by atoms with Crippen LogP contribution in [0.3, 0.4) is 0 Å². The van der Waals surface area contributed by atoms with Crippen molar-refractivity contribution in [2.24, 2.45) is 0 Å². The fraction of sp³-hybridized carbons (Fsp3) is 0.500. The molecule has 0 aliphatic carbocycles. The lowest BCUT2D eigenvalue weighted by atomic mass is 10.3. The van der Waals surface area contributed by atoms with Crippen molar-refractivity contribution in [1.82, 2.24) is 15.0 Å². The molecule has 1 saturated heterocycles. The molecular weight excluding hydrogens is 330 g/mol. The molecule has 8 heteroatoms. The maximum atomic E-state index is 5.89. The van der Waals surface area contributed by atoms with Gasteiger partial charge in [0.1, 0.15) is 38.5 Å². The second kappa shape index (κ2) is 8.77. The van der Waals surface area contributed by atoms with E-state index in [1.165, 1.54) is 24.5 Å². The molecule has 0 saturated carbocycles. The number of anilines is 3. The van der Waals surface area contributed by atoms with Gasteiger partial charge in [-0.3, -0.25) is 0 Å². The molecule has 0 radical (unpaired) electrons. The molecule has 26 heavy (non-hydrogen) atoms. The van der Waals surface area contributed by atoms with Gasteiger partial charge in [0.25, 0.3) is 0 Å². The fourth-order valence-electron chi connectivity index (χ4n) is 3.21. The summed E-state index contributed by atoms with van der Waals surface area (Å²) in [5.74, 6) is 2.31. The second-order valence-corrected chi connectivity index (χ2v) is 6.55. The number of nitrogens with two attached hydrogens (primary N) is 1. The Balaban J connectivity index is 1.63. The number of piperazine rings is 1. The molecule has 2 aromatic rings. The molecule has 0 unspecified atom stereocenters. The van der Waals surface area contributed by atoms with Gasteiger partial charge >= 0.3 is 0 Å². The summed E-state index contributed by atoms with van der Waals surface area (Å²) >= 11 is 0. The van der Waals surface area contributed by atoms with Crippen molar-refractivity contribution in [2.75, 3.05) is 50.4 Å². The SMILES string of the molecule is CCOc1ccc(Nc2nc(N)nc(C[NH+]3CC[NH+](CC)CC3)n2)cc1. The zero-order chi connectivity index (χ0) is 18.4. The molecule has 3 rings (SSSR count). The van der Waals surface area contributed by atoms with Crippen LogP contribution in [-0.4, -0.2) is 54.3 Å². The van der Waals surface area contributed by atoms with Crippen LogP contribution in [0.4, 0.5) is 17.6 Å². The number of likely N-dealkylation sites (N-methyl/N-ethyl adjacent to an activating group) is 1. The van der Waals surface area contributed by atoms with Crippen molar-refractivity contribution in [3.63, 3.8) is 0 Å². The largest absolute Gasteiger partial charge is 0.494 e. The number of nitrogens with one attached hydrogen (secondary N) is 3. The molecule has 1 aliphatic rings. The van der Waals surface area contributed by atoms with Gasteiger partial charge in [0.15, 0.2) is 5.82 Å². The zero-order valence-electron chi connectivity index (χ0n) is 15.6. The number of benzene rings is 1. The topological polar surface area (TPSA) is 94.8 Å². The average Bonchev–Trinajstić information content (AvgIpc) is 2.64. The molecule has 0 amide bonds. The Labute approximate surface area is 154 Å². The lowest BCUT2D eigenvalue weighted by Gasteiger charge is -2.28. The quantitative estimate of drug-likeness (QED) is 0.501. The number of rotatable bonds is 7. The molecule has 1 fully saturated rings. The summed E-state index contributed by atoms with van der Waals surface area (Å²) in [5, 5.41) is 3.20. The minimum atomic E-state index is 0.251. The Bertz CT molecular complexity index is 699. The van der Waals surface area contributed by atoms with Crippen molar-refractivity contribution in [2.45, 2.75) is 20.4 Å². The molecule has 0 atom stereocenters. The van der Waals surface area contributed by atoms with Crippen molar-refractivity contribution >= 4 is 17.6 Å². The van der Waals surface area contributed by atoms with E-state index in [4.69, 9.17) is 10.5 Å². The number of aromatic nitrogens is 3. The van der Waals surface area contributed by atoms with Crippen LogP contribution < -0.4 is 25.6 Å². The van der Waals surface area contributed by atoms with Crippen molar-refractivity contribution < 1.29 is 14.5 Å². The van der Waals surface area contributed by atoms with Crippen LogP contribution in [0.25, 0.3) is 0 Å². The molecule has 140 valence electrons. The maximum absolute atomic E-state index is 5.89. The van der Waals surface area contributed by atoms with Crippen LogP contribution in [-0.2, 0) is 6.54 Å². The second-order valence-electron chi connectivity index (χ2n) is 6.55. The van der Waals surface area contributed by atoms with Gasteiger partial charge in [-0.25, -0.2) is 0 Å². The summed E-state index contributed by atoms with van der Waals surface area (Å²) in [4.78, 5) is 16.2. The standard InChI is InChI=1S/C18H27N7O/c1-3-24-9-11-25(12-10-24)13-16-21-17(19)23-18(22-16)20-14-5-7-15(8-6-14)26-4-2/h5-8H,3-4,9-13H2,1-2H3,(H3,19,20,21,22,23)/p+2. The van der Waals surface area contributed by atoms with Crippen LogP contribution in [0.15, 0.2) is 24.3 Å². The molecule has 2 heterocycles. The van der Waals surface area contributed by atoms with Crippen LogP contribution in [0.5, 0.6) is 5.75 Å². The van der Waals surface area contributed by atoms with E-state index in [2.05, 4.69) is 27.2 Å². The third-order valence-electron chi connectivity index (χ3n) is 4.69. The lowest BCUT2D eigenvalue weighted by Crippen LogP contribution is -3.27. The number of quaternary nitrogens is 2. The predicted octanol–water partition coefficient (Wildman–Crippen LogP) is -1.10.